The van der Waals surface area contributed by atoms with Gasteiger partial charge in [-0.3, -0.25) is 0 Å². The Balaban J connectivity index is 1.43. The van der Waals surface area contributed by atoms with Crippen LogP contribution in [0.25, 0.3) is 85.9 Å². The maximum absolute atomic E-state index is 6.78. The first kappa shape index (κ1) is 21.5. The summed E-state index contributed by atoms with van der Waals surface area (Å²) in [5, 5.41) is 14.5. The van der Waals surface area contributed by atoms with Crippen LogP contribution in [0.15, 0.2) is 124 Å². The van der Waals surface area contributed by atoms with Gasteiger partial charge in [0.05, 0.1) is 0 Å². The van der Waals surface area contributed by atoms with Gasteiger partial charge in [0.25, 0.3) is 0 Å². The fourth-order valence-electron chi connectivity index (χ4n) is 6.31. The molecule has 9 aromatic rings. The van der Waals surface area contributed by atoms with Gasteiger partial charge in [0.1, 0.15) is 11.2 Å². The van der Waals surface area contributed by atoms with Crippen LogP contribution in [0.2, 0.25) is 0 Å². The van der Waals surface area contributed by atoms with Gasteiger partial charge in [0.15, 0.2) is 0 Å². The SMILES string of the molecule is c1ccc2c(-c3cc4oc5cc(-c6csc7ccccc67)c6ccccc6c5c4c4ccccc34)csc2c1. The fourth-order valence-corrected chi connectivity index (χ4v) is 8.23. The van der Waals surface area contributed by atoms with E-state index in [9.17, 15) is 0 Å². The minimum atomic E-state index is 0.937. The molecular weight excluding hydrogens is 513 g/mol. The minimum Gasteiger partial charge on any atom is -0.456 e. The summed E-state index contributed by atoms with van der Waals surface area (Å²) >= 11 is 3.60. The van der Waals surface area contributed by atoms with Gasteiger partial charge in [-0.15, -0.1) is 22.7 Å². The third-order valence-electron chi connectivity index (χ3n) is 8.03. The van der Waals surface area contributed by atoms with Crippen LogP contribution in [0.1, 0.15) is 0 Å². The lowest BCUT2D eigenvalue weighted by molar-refractivity contribution is 0.670. The minimum absolute atomic E-state index is 0.937. The van der Waals surface area contributed by atoms with E-state index in [0.717, 1.165) is 11.2 Å². The Labute approximate surface area is 232 Å². The second kappa shape index (κ2) is 8.03. The van der Waals surface area contributed by atoms with Crippen LogP contribution in [0.5, 0.6) is 0 Å². The molecule has 3 aromatic heterocycles. The monoisotopic (exact) mass is 532 g/mol. The van der Waals surface area contributed by atoms with Crippen molar-refractivity contribution in [3.05, 3.63) is 120 Å². The van der Waals surface area contributed by atoms with Crippen molar-refractivity contribution in [3.63, 3.8) is 0 Å². The highest BCUT2D eigenvalue weighted by Gasteiger charge is 2.20. The average molecular weight is 533 g/mol. The summed E-state index contributed by atoms with van der Waals surface area (Å²) in [7, 11) is 0. The molecule has 0 atom stereocenters. The van der Waals surface area contributed by atoms with Crippen molar-refractivity contribution in [2.75, 3.05) is 0 Å². The van der Waals surface area contributed by atoms with Crippen molar-refractivity contribution in [2.45, 2.75) is 0 Å². The second-order valence-corrected chi connectivity index (χ2v) is 11.9. The van der Waals surface area contributed by atoms with Crippen molar-refractivity contribution in [3.8, 4) is 22.3 Å². The molecule has 0 N–H and O–H groups in total. The van der Waals surface area contributed by atoms with Crippen molar-refractivity contribution in [2.24, 2.45) is 0 Å². The van der Waals surface area contributed by atoms with Gasteiger partial charge in [-0.25, -0.2) is 0 Å². The summed E-state index contributed by atoms with van der Waals surface area (Å²) < 4.78 is 9.39. The lowest BCUT2D eigenvalue weighted by Crippen LogP contribution is -1.84. The molecule has 0 amide bonds. The highest BCUT2D eigenvalue weighted by molar-refractivity contribution is 7.18. The molecule has 3 heteroatoms. The molecule has 3 heterocycles. The Bertz CT molecular complexity index is 2230. The first-order chi connectivity index (χ1) is 19.3. The van der Waals surface area contributed by atoms with E-state index in [0.29, 0.717) is 0 Å². The summed E-state index contributed by atoms with van der Waals surface area (Å²) in [6, 6.07) is 39.4. The average Bonchev–Trinajstić information content (AvgIpc) is 3.71. The van der Waals surface area contributed by atoms with Gasteiger partial charge < -0.3 is 4.42 Å². The molecule has 0 bridgehead atoms. The van der Waals surface area contributed by atoms with Crippen LogP contribution in [0, 0.1) is 0 Å². The van der Waals surface area contributed by atoms with Crippen LogP contribution < -0.4 is 0 Å². The lowest BCUT2D eigenvalue weighted by atomic mass is 9.91. The molecule has 182 valence electrons. The topological polar surface area (TPSA) is 13.1 Å². The van der Waals surface area contributed by atoms with E-state index in [1.807, 2.05) is 0 Å². The molecule has 0 saturated heterocycles. The molecule has 1 nitrogen and oxygen atoms in total. The summed E-state index contributed by atoms with van der Waals surface area (Å²) in [5.74, 6) is 0. The molecule has 0 aliphatic rings. The van der Waals surface area contributed by atoms with E-state index in [4.69, 9.17) is 4.42 Å². The zero-order valence-electron chi connectivity index (χ0n) is 20.8. The van der Waals surface area contributed by atoms with Crippen LogP contribution in [0.4, 0.5) is 0 Å². The van der Waals surface area contributed by atoms with Gasteiger partial charge in [-0.1, -0.05) is 84.9 Å². The molecule has 0 unspecified atom stereocenters. The number of rotatable bonds is 2. The molecule has 0 saturated carbocycles. The van der Waals surface area contributed by atoms with E-state index in [-0.39, 0.29) is 0 Å². The van der Waals surface area contributed by atoms with E-state index >= 15 is 0 Å². The largest absolute Gasteiger partial charge is 0.456 e. The van der Waals surface area contributed by atoms with E-state index < -0.39 is 0 Å². The van der Waals surface area contributed by atoms with Gasteiger partial charge in [-0.05, 0) is 67.7 Å². The number of hydrogen-bond donors (Lipinski definition) is 0. The van der Waals surface area contributed by atoms with Crippen molar-refractivity contribution in [1.29, 1.82) is 0 Å². The molecule has 0 spiro atoms. The van der Waals surface area contributed by atoms with Gasteiger partial charge >= 0.3 is 0 Å². The molecule has 0 aliphatic heterocycles. The number of benzene rings is 6. The smallest absolute Gasteiger partial charge is 0.136 e. The Kier molecular flexibility index (Phi) is 4.43. The van der Waals surface area contributed by atoms with Gasteiger partial charge in [0.2, 0.25) is 0 Å². The number of hydrogen-bond acceptors (Lipinski definition) is 3. The predicted octanol–water partition coefficient (Wildman–Crippen LogP) is 11.7. The van der Waals surface area contributed by atoms with E-state index in [2.05, 4.69) is 120 Å². The first-order valence-corrected chi connectivity index (χ1v) is 14.8. The van der Waals surface area contributed by atoms with Crippen LogP contribution in [0.3, 0.4) is 0 Å². The number of furan rings is 1. The molecule has 39 heavy (non-hydrogen) atoms. The van der Waals surface area contributed by atoms with Gasteiger partial charge in [0, 0.05) is 42.1 Å². The van der Waals surface area contributed by atoms with Crippen molar-refractivity contribution < 1.29 is 4.42 Å². The Morgan fingerprint density at radius 3 is 1.23 bits per heavy atom. The maximum Gasteiger partial charge on any atom is 0.136 e. The number of thiophene rings is 2. The summed E-state index contributed by atoms with van der Waals surface area (Å²) in [5.41, 5.74) is 6.86. The van der Waals surface area contributed by atoms with Crippen LogP contribution in [-0.2, 0) is 0 Å². The molecule has 0 aliphatic carbocycles. The first-order valence-electron chi connectivity index (χ1n) is 13.1. The molecule has 6 aromatic carbocycles. The zero-order valence-corrected chi connectivity index (χ0v) is 22.4. The molecule has 9 rings (SSSR count). The molecule has 0 radical (unpaired) electrons. The third kappa shape index (κ3) is 3.00. The summed E-state index contributed by atoms with van der Waals surface area (Å²) in [6.45, 7) is 0. The third-order valence-corrected chi connectivity index (χ3v) is 9.96. The predicted molar refractivity (Wildman–Crippen MR) is 170 cm³/mol. The highest BCUT2D eigenvalue weighted by Crippen LogP contribution is 2.47. The van der Waals surface area contributed by atoms with Crippen LogP contribution >= 0.6 is 22.7 Å². The Hall–Kier alpha value is -4.44. The van der Waals surface area contributed by atoms with Crippen molar-refractivity contribution in [1.82, 2.24) is 0 Å². The Morgan fingerprint density at radius 1 is 0.385 bits per heavy atom. The zero-order chi connectivity index (χ0) is 25.5. The lowest BCUT2D eigenvalue weighted by Gasteiger charge is -2.10. The second-order valence-electron chi connectivity index (χ2n) is 10.1. The van der Waals surface area contributed by atoms with Gasteiger partial charge in [-0.2, -0.15) is 0 Å². The number of fused-ring (bicyclic) bond motifs is 9. The van der Waals surface area contributed by atoms with Crippen LogP contribution in [-0.4, -0.2) is 0 Å². The summed E-state index contributed by atoms with van der Waals surface area (Å²) in [4.78, 5) is 0. The summed E-state index contributed by atoms with van der Waals surface area (Å²) in [6.07, 6.45) is 0. The van der Waals surface area contributed by atoms with E-state index in [1.165, 1.54) is 74.7 Å². The van der Waals surface area contributed by atoms with E-state index in [1.54, 1.807) is 22.7 Å². The fraction of sp³-hybridized carbons (Fsp3) is 0. The molecule has 0 fully saturated rings. The standard InChI is InChI=1S/C36H20OS2/c1-3-13-25-21(9-1)27(29-19-38-33-15-7-5-11-23(29)33)17-31-35(25)36-26-14-4-2-10-22(26)28(18-32(36)37-31)30-20-39-34-16-8-6-12-24(30)34/h1-20H. The quantitative estimate of drug-likeness (QED) is 0.216. The normalized spacial score (nSPS) is 12.1. The maximum atomic E-state index is 6.78. The highest BCUT2D eigenvalue weighted by atomic mass is 32.1. The molecular formula is C36H20OS2. The Morgan fingerprint density at radius 2 is 0.769 bits per heavy atom. The van der Waals surface area contributed by atoms with Crippen molar-refractivity contribution >= 4 is 86.3 Å².